The highest BCUT2D eigenvalue weighted by Crippen LogP contribution is 2.06. The summed E-state index contributed by atoms with van der Waals surface area (Å²) in [6.07, 6.45) is 0.897. The van der Waals surface area contributed by atoms with Gasteiger partial charge in [-0.25, -0.2) is 5.11 Å². The topological polar surface area (TPSA) is 23.1 Å². The molecule has 2 heteroatoms. The lowest BCUT2D eigenvalue weighted by atomic mass is 10.2. The van der Waals surface area contributed by atoms with Crippen LogP contribution in [0.1, 0.15) is 13.3 Å². The van der Waals surface area contributed by atoms with Crippen LogP contribution in [0.5, 0.6) is 0 Å². The lowest BCUT2D eigenvalue weighted by Crippen LogP contribution is -2.49. The van der Waals surface area contributed by atoms with Crippen LogP contribution < -0.4 is 0 Å². The van der Waals surface area contributed by atoms with Gasteiger partial charge >= 0.3 is 0 Å². The molecule has 1 fully saturated rings. The molecule has 0 aliphatic carbocycles. The first-order valence-corrected chi connectivity index (χ1v) is 3.21. The molecule has 2 nitrogen and oxygen atoms in total. The third-order valence-electron chi connectivity index (χ3n) is 1.46. The van der Waals surface area contributed by atoms with E-state index in [2.05, 4.69) is 11.8 Å². The van der Waals surface area contributed by atoms with Crippen LogP contribution in [-0.2, 0) is 5.11 Å². The van der Waals surface area contributed by atoms with Crippen molar-refractivity contribution in [1.82, 2.24) is 4.90 Å². The molecule has 0 spiro atoms. The molecule has 0 aromatic rings. The van der Waals surface area contributed by atoms with E-state index in [0.29, 0.717) is 0 Å². The van der Waals surface area contributed by atoms with Gasteiger partial charge in [0, 0.05) is 13.1 Å². The minimum atomic E-state index is -0.276. The number of likely N-dealkylation sites (tertiary alicyclic amines) is 1. The van der Waals surface area contributed by atoms with Crippen molar-refractivity contribution in [3.8, 4) is 0 Å². The van der Waals surface area contributed by atoms with Gasteiger partial charge in [0.25, 0.3) is 0 Å². The highest BCUT2D eigenvalue weighted by Gasteiger charge is 2.24. The summed E-state index contributed by atoms with van der Waals surface area (Å²) in [5.74, 6) is 0. The summed E-state index contributed by atoms with van der Waals surface area (Å²) >= 11 is 0. The van der Waals surface area contributed by atoms with Gasteiger partial charge in [-0.2, -0.15) is 0 Å². The smallest absolute Gasteiger partial charge is 0.118 e. The summed E-state index contributed by atoms with van der Waals surface area (Å²) in [7, 11) is 0. The van der Waals surface area contributed by atoms with E-state index in [1.54, 1.807) is 0 Å². The van der Waals surface area contributed by atoms with Gasteiger partial charge in [-0.1, -0.05) is 6.92 Å². The molecule has 0 atom stereocenters. The van der Waals surface area contributed by atoms with E-state index in [1.807, 2.05) is 0 Å². The molecule has 1 radical (unpaired) electrons. The first-order valence-electron chi connectivity index (χ1n) is 3.21. The Balaban J connectivity index is 1.98. The minimum absolute atomic E-state index is 0.276. The van der Waals surface area contributed by atoms with E-state index < -0.39 is 0 Å². The third-order valence-corrected chi connectivity index (χ3v) is 1.46. The highest BCUT2D eigenvalue weighted by atomic mass is 16.3. The fourth-order valence-electron chi connectivity index (χ4n) is 1.02. The molecule has 1 aliphatic heterocycles. The Hall–Kier alpha value is -0.0800. The summed E-state index contributed by atoms with van der Waals surface area (Å²) in [5, 5.41) is 10.4. The molecule has 0 aromatic carbocycles. The average molecular weight is 114 g/mol. The molecule has 0 aromatic heterocycles. The molecular formula is C6H12NO. The van der Waals surface area contributed by atoms with Gasteiger partial charge < -0.3 is 0 Å². The monoisotopic (exact) mass is 114 g/mol. The SMILES string of the molecule is CCCN1CC([O])C1. The maximum absolute atomic E-state index is 10.4. The van der Waals surface area contributed by atoms with Gasteiger partial charge in [0.1, 0.15) is 6.10 Å². The van der Waals surface area contributed by atoms with Crippen molar-refractivity contribution in [1.29, 1.82) is 0 Å². The zero-order chi connectivity index (χ0) is 5.98. The second-order valence-corrected chi connectivity index (χ2v) is 2.38. The fraction of sp³-hybridized carbons (Fsp3) is 1.00. The Morgan fingerprint density at radius 3 is 2.62 bits per heavy atom. The number of rotatable bonds is 2. The predicted molar refractivity (Wildman–Crippen MR) is 31.2 cm³/mol. The van der Waals surface area contributed by atoms with Crippen LogP contribution in [0.3, 0.4) is 0 Å². The lowest BCUT2D eigenvalue weighted by molar-refractivity contribution is -0.0430. The average Bonchev–Trinajstić information content (AvgIpc) is 1.64. The van der Waals surface area contributed by atoms with Crippen molar-refractivity contribution >= 4 is 0 Å². The van der Waals surface area contributed by atoms with Gasteiger partial charge in [0.2, 0.25) is 0 Å². The van der Waals surface area contributed by atoms with Gasteiger partial charge in [-0.05, 0) is 13.0 Å². The molecule has 0 saturated carbocycles. The fourth-order valence-corrected chi connectivity index (χ4v) is 1.02. The van der Waals surface area contributed by atoms with Crippen molar-refractivity contribution < 1.29 is 5.11 Å². The molecule has 0 N–H and O–H groups in total. The zero-order valence-corrected chi connectivity index (χ0v) is 5.26. The maximum atomic E-state index is 10.4. The standard InChI is InChI=1S/C6H12NO/c1-2-3-7-4-6(8)5-7/h6H,2-5H2,1H3. The van der Waals surface area contributed by atoms with E-state index in [1.165, 1.54) is 6.42 Å². The van der Waals surface area contributed by atoms with Gasteiger partial charge in [0.05, 0.1) is 0 Å². The highest BCUT2D eigenvalue weighted by molar-refractivity contribution is 4.77. The normalized spacial score (nSPS) is 23.2. The van der Waals surface area contributed by atoms with Crippen LogP contribution in [0.2, 0.25) is 0 Å². The summed E-state index contributed by atoms with van der Waals surface area (Å²) < 4.78 is 0. The number of hydrogen-bond acceptors (Lipinski definition) is 1. The van der Waals surface area contributed by atoms with Crippen molar-refractivity contribution in [2.75, 3.05) is 19.6 Å². The van der Waals surface area contributed by atoms with Crippen LogP contribution in [0, 0.1) is 0 Å². The van der Waals surface area contributed by atoms with E-state index in [9.17, 15) is 5.11 Å². The largest absolute Gasteiger partial charge is 0.298 e. The Morgan fingerprint density at radius 1 is 1.62 bits per heavy atom. The van der Waals surface area contributed by atoms with Crippen molar-refractivity contribution in [3.63, 3.8) is 0 Å². The molecule has 8 heavy (non-hydrogen) atoms. The van der Waals surface area contributed by atoms with Crippen LogP contribution >= 0.6 is 0 Å². The van der Waals surface area contributed by atoms with Crippen LogP contribution in [-0.4, -0.2) is 30.6 Å². The lowest BCUT2D eigenvalue weighted by Gasteiger charge is -2.33. The Labute approximate surface area is 50.1 Å². The summed E-state index contributed by atoms with van der Waals surface area (Å²) in [6.45, 7) is 4.82. The first-order chi connectivity index (χ1) is 3.83. The summed E-state index contributed by atoms with van der Waals surface area (Å²) in [5.41, 5.74) is 0. The molecule has 1 rings (SSSR count). The Bertz CT molecular complexity index is 66.2. The third kappa shape index (κ3) is 1.20. The first kappa shape index (κ1) is 6.05. The molecule has 0 bridgehead atoms. The molecule has 1 heterocycles. The molecule has 0 unspecified atom stereocenters. The van der Waals surface area contributed by atoms with E-state index in [-0.39, 0.29) is 6.10 Å². The van der Waals surface area contributed by atoms with Gasteiger partial charge in [0.15, 0.2) is 0 Å². The second-order valence-electron chi connectivity index (χ2n) is 2.38. The second kappa shape index (κ2) is 2.46. The minimum Gasteiger partial charge on any atom is -0.298 e. The van der Waals surface area contributed by atoms with Gasteiger partial charge in [-0.3, -0.25) is 4.90 Å². The quantitative estimate of drug-likeness (QED) is 0.513. The molecule has 1 saturated heterocycles. The van der Waals surface area contributed by atoms with Crippen LogP contribution in [0.15, 0.2) is 0 Å². The maximum Gasteiger partial charge on any atom is 0.118 e. The number of hydrogen-bond donors (Lipinski definition) is 0. The predicted octanol–water partition coefficient (Wildman–Crippen LogP) is 0.511. The van der Waals surface area contributed by atoms with Gasteiger partial charge in [-0.15, -0.1) is 0 Å². The zero-order valence-electron chi connectivity index (χ0n) is 5.26. The summed E-state index contributed by atoms with van der Waals surface area (Å²) in [4.78, 5) is 2.19. The van der Waals surface area contributed by atoms with Crippen molar-refractivity contribution in [3.05, 3.63) is 0 Å². The van der Waals surface area contributed by atoms with Crippen LogP contribution in [0.25, 0.3) is 0 Å². The molecule has 0 amide bonds. The molecule has 1 aliphatic rings. The van der Waals surface area contributed by atoms with Crippen molar-refractivity contribution in [2.45, 2.75) is 19.4 Å². The summed E-state index contributed by atoms with van der Waals surface area (Å²) in [6, 6.07) is 0. The number of nitrogens with zero attached hydrogens (tertiary/aromatic N) is 1. The van der Waals surface area contributed by atoms with E-state index >= 15 is 0 Å². The Morgan fingerprint density at radius 2 is 2.25 bits per heavy atom. The van der Waals surface area contributed by atoms with Crippen LogP contribution in [0.4, 0.5) is 0 Å². The Kier molecular flexibility index (Phi) is 1.86. The molecular weight excluding hydrogens is 102 g/mol. The van der Waals surface area contributed by atoms with E-state index in [4.69, 9.17) is 0 Å². The molecule has 47 valence electrons. The van der Waals surface area contributed by atoms with Crippen molar-refractivity contribution in [2.24, 2.45) is 0 Å². The van der Waals surface area contributed by atoms with E-state index in [0.717, 1.165) is 19.6 Å².